The zero-order chi connectivity index (χ0) is 26.9. The zero-order valence-electron chi connectivity index (χ0n) is 24.3. The molecule has 0 amide bonds. The number of aromatic amines is 1. The van der Waals surface area contributed by atoms with Gasteiger partial charge in [-0.25, -0.2) is 0 Å². The predicted octanol–water partition coefficient (Wildman–Crippen LogP) is 5.90. The summed E-state index contributed by atoms with van der Waals surface area (Å²) in [6.07, 6.45) is 7.95. The molecule has 0 atom stereocenters. The van der Waals surface area contributed by atoms with Crippen LogP contribution >= 0.6 is 0 Å². The number of piperidine rings is 3. The Hall–Kier alpha value is -2.54. The number of aryl methyl sites for hydroxylation is 1. The van der Waals surface area contributed by atoms with Crippen molar-refractivity contribution in [2.24, 2.45) is 0 Å². The van der Waals surface area contributed by atoms with E-state index in [4.69, 9.17) is 9.47 Å². The largest absolute Gasteiger partial charge is 0.493 e. The number of aromatic nitrogens is 1. The summed E-state index contributed by atoms with van der Waals surface area (Å²) in [5, 5.41) is 1.33. The molecular formula is C33H46N4O2. The van der Waals surface area contributed by atoms with Crippen LogP contribution in [0.2, 0.25) is 0 Å². The lowest BCUT2D eigenvalue weighted by atomic mass is 9.87. The van der Waals surface area contributed by atoms with E-state index >= 15 is 0 Å². The average molecular weight is 531 g/mol. The molecule has 3 aliphatic heterocycles. The SMILES string of the molecule is COc1ccc(-c2[nH]c3ccc(C4CCN(C5CCN(C6CCN(C)CC6)CC5)CC4)cc3c2C)cc1OC. The van der Waals surface area contributed by atoms with Crippen molar-refractivity contribution < 1.29 is 9.47 Å². The van der Waals surface area contributed by atoms with Crippen LogP contribution in [-0.4, -0.2) is 92.3 Å². The third-order valence-electron chi connectivity index (χ3n) is 9.98. The Morgan fingerprint density at radius 3 is 1.97 bits per heavy atom. The summed E-state index contributed by atoms with van der Waals surface area (Å²) >= 11 is 0. The number of nitrogens with zero attached hydrogens (tertiary/aromatic N) is 3. The second-order valence-corrected chi connectivity index (χ2v) is 12.1. The van der Waals surface area contributed by atoms with Gasteiger partial charge in [0, 0.05) is 34.2 Å². The van der Waals surface area contributed by atoms with Crippen molar-refractivity contribution in [2.45, 2.75) is 63.5 Å². The first-order valence-corrected chi connectivity index (χ1v) is 15.0. The zero-order valence-corrected chi connectivity index (χ0v) is 24.3. The third kappa shape index (κ3) is 5.44. The summed E-state index contributed by atoms with van der Waals surface area (Å²) in [5.74, 6) is 2.17. The van der Waals surface area contributed by atoms with Crippen LogP contribution in [0.3, 0.4) is 0 Å². The van der Waals surface area contributed by atoms with Gasteiger partial charge >= 0.3 is 0 Å². The van der Waals surface area contributed by atoms with Crippen molar-refractivity contribution in [3.63, 3.8) is 0 Å². The summed E-state index contributed by atoms with van der Waals surface area (Å²) in [6, 6.07) is 14.9. The van der Waals surface area contributed by atoms with Gasteiger partial charge in [-0.3, -0.25) is 0 Å². The monoisotopic (exact) mass is 530 g/mol. The molecule has 2 aromatic carbocycles. The Bertz CT molecular complexity index is 1260. The standard InChI is InChI=1S/C33H46N4O2/c1-23-29-21-25(5-7-30(29)34-33(23)26-6-8-31(38-3)32(22-26)39-4)24-9-17-36(18-10-24)28-13-19-37(20-14-28)27-11-15-35(2)16-12-27/h5-8,21-22,24,27-28,34H,9-20H2,1-4H3. The number of nitrogens with one attached hydrogen (secondary N) is 1. The number of fused-ring (bicyclic) bond motifs is 1. The number of methoxy groups -OCH3 is 2. The molecule has 3 aromatic rings. The average Bonchev–Trinajstić information content (AvgIpc) is 3.33. The number of benzene rings is 2. The number of likely N-dealkylation sites (tertiary alicyclic amines) is 3. The Labute approximate surface area is 234 Å². The molecule has 0 unspecified atom stereocenters. The maximum absolute atomic E-state index is 5.55. The molecule has 0 radical (unpaired) electrons. The molecule has 1 N–H and O–H groups in total. The minimum atomic E-state index is 0.656. The summed E-state index contributed by atoms with van der Waals surface area (Å²) in [5.41, 5.74) is 6.28. The molecule has 0 bridgehead atoms. The van der Waals surface area contributed by atoms with E-state index in [2.05, 4.69) is 64.0 Å². The highest BCUT2D eigenvalue weighted by molar-refractivity contribution is 5.91. The smallest absolute Gasteiger partial charge is 0.161 e. The highest BCUT2D eigenvalue weighted by Crippen LogP contribution is 2.38. The fourth-order valence-corrected chi connectivity index (χ4v) is 7.45. The van der Waals surface area contributed by atoms with Gasteiger partial charge in [0.2, 0.25) is 0 Å². The molecule has 210 valence electrons. The molecule has 39 heavy (non-hydrogen) atoms. The Morgan fingerprint density at radius 2 is 1.33 bits per heavy atom. The molecule has 0 aliphatic carbocycles. The molecule has 6 rings (SSSR count). The van der Waals surface area contributed by atoms with E-state index in [1.54, 1.807) is 14.2 Å². The van der Waals surface area contributed by atoms with E-state index in [0.717, 1.165) is 34.8 Å². The van der Waals surface area contributed by atoms with Gasteiger partial charge in [-0.05, 0) is 139 Å². The summed E-state index contributed by atoms with van der Waals surface area (Å²) in [7, 11) is 5.63. The molecule has 6 heteroatoms. The van der Waals surface area contributed by atoms with E-state index in [1.165, 1.54) is 99.8 Å². The molecule has 0 saturated carbocycles. The molecule has 3 aliphatic rings. The number of ether oxygens (including phenoxy) is 2. The number of hydrogen-bond acceptors (Lipinski definition) is 5. The molecule has 1 aromatic heterocycles. The maximum atomic E-state index is 5.55. The highest BCUT2D eigenvalue weighted by Gasteiger charge is 2.32. The van der Waals surface area contributed by atoms with Crippen molar-refractivity contribution >= 4 is 10.9 Å². The van der Waals surface area contributed by atoms with Crippen LogP contribution in [0, 0.1) is 6.92 Å². The van der Waals surface area contributed by atoms with Gasteiger partial charge in [0.25, 0.3) is 0 Å². The highest BCUT2D eigenvalue weighted by atomic mass is 16.5. The number of H-pyrrole nitrogens is 1. The van der Waals surface area contributed by atoms with Gasteiger partial charge in [-0.2, -0.15) is 0 Å². The van der Waals surface area contributed by atoms with Crippen LogP contribution in [-0.2, 0) is 0 Å². The Kier molecular flexibility index (Phi) is 7.88. The fourth-order valence-electron chi connectivity index (χ4n) is 7.45. The lowest BCUT2D eigenvalue weighted by Gasteiger charge is -2.45. The predicted molar refractivity (Wildman–Crippen MR) is 160 cm³/mol. The first kappa shape index (κ1) is 26.7. The number of rotatable bonds is 6. The van der Waals surface area contributed by atoms with E-state index in [1.807, 2.05) is 6.07 Å². The van der Waals surface area contributed by atoms with Gasteiger partial charge in [-0.1, -0.05) is 6.07 Å². The van der Waals surface area contributed by atoms with Crippen molar-refractivity contribution in [1.82, 2.24) is 19.7 Å². The van der Waals surface area contributed by atoms with Crippen molar-refractivity contribution in [1.29, 1.82) is 0 Å². The molecule has 4 heterocycles. The van der Waals surface area contributed by atoms with Crippen LogP contribution in [0.15, 0.2) is 36.4 Å². The van der Waals surface area contributed by atoms with Gasteiger partial charge in [0.15, 0.2) is 11.5 Å². The lowest BCUT2D eigenvalue weighted by Crippen LogP contribution is -2.51. The maximum Gasteiger partial charge on any atom is 0.161 e. The van der Waals surface area contributed by atoms with Crippen LogP contribution in [0.5, 0.6) is 11.5 Å². The van der Waals surface area contributed by atoms with Crippen molar-refractivity contribution in [3.05, 3.63) is 47.5 Å². The normalized spacial score (nSPS) is 21.5. The summed E-state index contributed by atoms with van der Waals surface area (Å²) in [4.78, 5) is 11.8. The second kappa shape index (κ2) is 11.5. The molecular weight excluding hydrogens is 484 g/mol. The third-order valence-corrected chi connectivity index (χ3v) is 9.98. The van der Waals surface area contributed by atoms with Crippen molar-refractivity contribution in [2.75, 3.05) is 60.5 Å². The minimum absolute atomic E-state index is 0.656. The molecule has 0 spiro atoms. The second-order valence-electron chi connectivity index (χ2n) is 12.1. The first-order valence-electron chi connectivity index (χ1n) is 15.0. The van der Waals surface area contributed by atoms with Gasteiger partial charge in [0.1, 0.15) is 0 Å². The van der Waals surface area contributed by atoms with E-state index < -0.39 is 0 Å². The minimum Gasteiger partial charge on any atom is -0.493 e. The Morgan fingerprint density at radius 1 is 0.718 bits per heavy atom. The van der Waals surface area contributed by atoms with Gasteiger partial charge in [0.05, 0.1) is 14.2 Å². The number of hydrogen-bond donors (Lipinski definition) is 1. The van der Waals surface area contributed by atoms with Crippen LogP contribution < -0.4 is 9.47 Å². The quantitative estimate of drug-likeness (QED) is 0.430. The van der Waals surface area contributed by atoms with E-state index in [9.17, 15) is 0 Å². The lowest BCUT2D eigenvalue weighted by molar-refractivity contribution is 0.0498. The molecule has 3 fully saturated rings. The fraction of sp³-hybridized carbons (Fsp3) is 0.576. The van der Waals surface area contributed by atoms with Gasteiger partial charge in [-0.15, -0.1) is 0 Å². The van der Waals surface area contributed by atoms with E-state index in [0.29, 0.717) is 5.92 Å². The van der Waals surface area contributed by atoms with Gasteiger partial charge < -0.3 is 29.2 Å². The van der Waals surface area contributed by atoms with Crippen molar-refractivity contribution in [3.8, 4) is 22.8 Å². The van der Waals surface area contributed by atoms with Crippen LogP contribution in [0.25, 0.3) is 22.2 Å². The van der Waals surface area contributed by atoms with E-state index in [-0.39, 0.29) is 0 Å². The Balaban J connectivity index is 1.08. The summed E-state index contributed by atoms with van der Waals surface area (Å²) < 4.78 is 11.0. The van der Waals surface area contributed by atoms with Crippen LogP contribution in [0.1, 0.15) is 55.6 Å². The topological polar surface area (TPSA) is 44.0 Å². The molecule has 3 saturated heterocycles. The first-order chi connectivity index (χ1) is 19.0. The summed E-state index contributed by atoms with van der Waals surface area (Å²) in [6.45, 7) is 9.84. The molecule has 6 nitrogen and oxygen atoms in total. The van der Waals surface area contributed by atoms with Crippen LogP contribution in [0.4, 0.5) is 0 Å².